The molecule has 2 rings (SSSR count). The molecule has 5 atom stereocenters. The second-order valence-corrected chi connectivity index (χ2v) is 10.4. The Balaban J connectivity index is 2.26. The molecule has 0 radical (unpaired) electrons. The monoisotopic (exact) mass is 611 g/mol. The molecule has 3 N–H and O–H groups in total. The van der Waals surface area contributed by atoms with Crippen LogP contribution in [0.25, 0.3) is 4.85 Å². The number of halogens is 3. The molecular weight excluding hydrogens is 579 g/mol. The van der Waals surface area contributed by atoms with Crippen molar-refractivity contribution in [2.75, 3.05) is 24.8 Å². The SMILES string of the molecule is C/C=C(/COc1nc([N+]#CC2CO[C@H](CO)[C@H](O)[C@@H]2O)cc(C(F)(F)CC)n1)N=NC(CC)[I-]C. The Morgan fingerprint density at radius 3 is 2.74 bits per heavy atom. The van der Waals surface area contributed by atoms with Gasteiger partial charge in [0.2, 0.25) is 0 Å². The van der Waals surface area contributed by atoms with Crippen LogP contribution in [-0.4, -0.2) is 72.4 Å². The van der Waals surface area contributed by atoms with Crippen molar-refractivity contribution >= 4 is 5.82 Å². The van der Waals surface area contributed by atoms with Crippen molar-refractivity contribution in [2.45, 2.75) is 61.9 Å². The van der Waals surface area contributed by atoms with Crippen LogP contribution >= 0.6 is 0 Å². The summed E-state index contributed by atoms with van der Waals surface area (Å²) in [5, 5.41) is 37.9. The van der Waals surface area contributed by atoms with Gasteiger partial charge in [0.05, 0.1) is 13.2 Å². The molecular formula is C22H32F2IN5O5. The maximum absolute atomic E-state index is 14.4. The molecule has 2 heterocycles. The van der Waals surface area contributed by atoms with Crippen LogP contribution in [0.4, 0.5) is 14.6 Å². The number of nitrogens with zero attached hydrogens (tertiary/aromatic N) is 5. The molecule has 196 valence electrons. The fraction of sp³-hybridized carbons (Fsp3) is 0.682. The molecule has 1 aliphatic heterocycles. The van der Waals surface area contributed by atoms with Crippen molar-refractivity contribution in [3.63, 3.8) is 0 Å². The van der Waals surface area contributed by atoms with Crippen LogP contribution in [0, 0.1) is 12.0 Å². The molecule has 2 unspecified atom stereocenters. The molecule has 10 nitrogen and oxygen atoms in total. The molecule has 1 aromatic heterocycles. The standard InChI is InChI=1S/C22H32F2IN5O5/c1-5-14(29-30-17(6-2)25-4)12-35-21-27-16(22(23,24)7-3)8-18(28-21)26-9-13-11-34-15(10-31)20(33)19(13)32/h5,8,13,15,17,19-20,31-33H,6-7,10-12H2,1-4H3/b14-5-,30-29?/t13?,15-,17?,19-,20+/m1/s1. The van der Waals surface area contributed by atoms with Crippen LogP contribution < -0.4 is 25.9 Å². The van der Waals surface area contributed by atoms with E-state index in [0.717, 1.165) is 12.5 Å². The van der Waals surface area contributed by atoms with E-state index < -0.39 is 48.9 Å². The zero-order valence-corrected chi connectivity index (χ0v) is 22.3. The van der Waals surface area contributed by atoms with Crippen LogP contribution in [0.3, 0.4) is 0 Å². The fourth-order valence-corrected chi connectivity index (χ4v) is 4.19. The summed E-state index contributed by atoms with van der Waals surface area (Å²) in [5.41, 5.74) is -0.0690. The Bertz CT molecular complexity index is 952. The Kier molecular flexibility index (Phi) is 11.8. The number of aromatic nitrogens is 2. The van der Waals surface area contributed by atoms with Gasteiger partial charge >= 0.3 is 162 Å². The molecule has 0 bridgehead atoms. The van der Waals surface area contributed by atoms with Gasteiger partial charge in [-0.25, -0.2) is 0 Å². The number of rotatable bonds is 10. The van der Waals surface area contributed by atoms with Crippen molar-refractivity contribution in [2.24, 2.45) is 16.1 Å². The third-order valence-corrected chi connectivity index (χ3v) is 7.82. The van der Waals surface area contributed by atoms with Crippen molar-refractivity contribution in [1.82, 2.24) is 9.97 Å². The second-order valence-electron chi connectivity index (χ2n) is 7.68. The first-order chi connectivity index (χ1) is 16.7. The Hall–Kier alpha value is -1.86. The molecule has 0 amide bonds. The van der Waals surface area contributed by atoms with Crippen molar-refractivity contribution in [3.05, 3.63) is 28.4 Å². The third-order valence-electron chi connectivity index (χ3n) is 5.25. The topological polar surface area (TPSA) is 134 Å². The number of ether oxygens (including phenoxy) is 2. The molecule has 0 aliphatic carbocycles. The van der Waals surface area contributed by atoms with Gasteiger partial charge in [0, 0.05) is 0 Å². The summed E-state index contributed by atoms with van der Waals surface area (Å²) in [7, 11) is 0. The van der Waals surface area contributed by atoms with Crippen LogP contribution in [0.15, 0.2) is 28.1 Å². The zero-order chi connectivity index (χ0) is 26.0. The summed E-state index contributed by atoms with van der Waals surface area (Å²) in [5.74, 6) is -4.26. The first-order valence-corrected chi connectivity index (χ1v) is 14.6. The molecule has 1 fully saturated rings. The normalized spacial score (nSPS) is 24.3. The van der Waals surface area contributed by atoms with Gasteiger partial charge in [-0.05, 0) is 0 Å². The molecule has 13 heteroatoms. The molecule has 1 aliphatic rings. The summed E-state index contributed by atoms with van der Waals surface area (Å²) < 4.78 is 39.9. The number of azo groups is 1. The van der Waals surface area contributed by atoms with E-state index in [1.54, 1.807) is 13.0 Å². The van der Waals surface area contributed by atoms with E-state index in [4.69, 9.17) is 9.47 Å². The Morgan fingerprint density at radius 2 is 2.14 bits per heavy atom. The predicted octanol–water partition coefficient (Wildman–Crippen LogP) is -0.138. The Labute approximate surface area is 213 Å². The van der Waals surface area contributed by atoms with Gasteiger partial charge < -0.3 is 20.1 Å². The van der Waals surface area contributed by atoms with Crippen LogP contribution in [0.2, 0.25) is 0 Å². The quantitative estimate of drug-likeness (QED) is 0.145. The first kappa shape index (κ1) is 29.4. The summed E-state index contributed by atoms with van der Waals surface area (Å²) in [4.78, 5) is 14.0. The van der Waals surface area contributed by atoms with E-state index in [-0.39, 0.29) is 50.3 Å². The average Bonchev–Trinajstić information content (AvgIpc) is 2.87. The van der Waals surface area contributed by atoms with E-state index in [1.165, 1.54) is 6.92 Å². The van der Waals surface area contributed by atoms with Crippen molar-refractivity contribution < 1.29 is 54.8 Å². The van der Waals surface area contributed by atoms with Crippen molar-refractivity contribution in [3.8, 4) is 12.1 Å². The maximum atomic E-state index is 14.4. The molecule has 1 saturated heterocycles. The van der Waals surface area contributed by atoms with E-state index in [2.05, 4.69) is 36.0 Å². The van der Waals surface area contributed by atoms with Gasteiger partial charge in [0.15, 0.2) is 0 Å². The summed E-state index contributed by atoms with van der Waals surface area (Å²) >= 11 is -0.106. The second kappa shape index (κ2) is 14.0. The number of hydrogen-bond acceptors (Lipinski definition) is 9. The first-order valence-electron chi connectivity index (χ1n) is 11.2. The number of allylic oxidation sites excluding steroid dienone is 1. The van der Waals surface area contributed by atoms with Gasteiger partial charge in [-0.1, -0.05) is 0 Å². The van der Waals surface area contributed by atoms with Crippen LogP contribution in [0.5, 0.6) is 6.01 Å². The fourth-order valence-electron chi connectivity index (χ4n) is 2.93. The molecule has 1 aromatic rings. The summed E-state index contributed by atoms with van der Waals surface area (Å²) in [6, 6.07) is 3.28. The van der Waals surface area contributed by atoms with Gasteiger partial charge in [-0.3, -0.25) is 0 Å². The predicted molar refractivity (Wildman–Crippen MR) is 120 cm³/mol. The minimum absolute atomic E-state index is 0.0730. The van der Waals surface area contributed by atoms with Gasteiger partial charge in [-0.2, -0.15) is 0 Å². The summed E-state index contributed by atoms with van der Waals surface area (Å²) in [6.07, 6.45) is -1.48. The van der Waals surface area contributed by atoms with Gasteiger partial charge in [0.1, 0.15) is 18.3 Å². The molecule has 0 aromatic carbocycles. The number of aliphatic hydroxyl groups is 3. The van der Waals surface area contributed by atoms with E-state index in [9.17, 15) is 24.1 Å². The molecule has 35 heavy (non-hydrogen) atoms. The van der Waals surface area contributed by atoms with E-state index in [1.807, 2.05) is 6.92 Å². The number of hydrogen-bond donors (Lipinski definition) is 3. The molecule has 0 saturated carbocycles. The van der Waals surface area contributed by atoms with Crippen LogP contribution in [0.1, 0.15) is 39.3 Å². The minimum atomic E-state index is -3.24. The average molecular weight is 611 g/mol. The van der Waals surface area contributed by atoms with Crippen LogP contribution in [-0.2, 0) is 10.7 Å². The number of aliphatic hydroxyl groups excluding tert-OH is 3. The summed E-state index contributed by atoms with van der Waals surface area (Å²) in [6.45, 7) is 4.52. The molecule has 0 spiro atoms. The van der Waals surface area contributed by atoms with E-state index in [0.29, 0.717) is 5.70 Å². The van der Waals surface area contributed by atoms with Crippen molar-refractivity contribution in [1.29, 1.82) is 0 Å². The third kappa shape index (κ3) is 8.35. The van der Waals surface area contributed by atoms with E-state index >= 15 is 0 Å². The van der Waals surface area contributed by atoms with Gasteiger partial charge in [0.25, 0.3) is 0 Å². The zero-order valence-electron chi connectivity index (χ0n) is 20.1. The Morgan fingerprint density at radius 1 is 1.40 bits per heavy atom. The van der Waals surface area contributed by atoms with Gasteiger partial charge in [-0.15, -0.1) is 0 Å². The number of alkyl halides is 4.